The number of nitrogens with one attached hydrogen (secondary N) is 1. The predicted molar refractivity (Wildman–Crippen MR) is 88.6 cm³/mol. The molecule has 0 aliphatic heterocycles. The maximum absolute atomic E-state index is 11.6. The van der Waals surface area contributed by atoms with Gasteiger partial charge in [-0.1, -0.05) is 41.1 Å². The molecular weight excluding hydrogens is 330 g/mol. The summed E-state index contributed by atoms with van der Waals surface area (Å²) in [5.74, 6) is -0.325. The third kappa shape index (κ3) is 4.08. The average molecular weight is 348 g/mol. The van der Waals surface area contributed by atoms with Crippen LogP contribution in [0.1, 0.15) is 35.3 Å². The summed E-state index contributed by atoms with van der Waals surface area (Å²) in [6.07, 6.45) is 0.943. The molecule has 1 atom stereocenters. The highest BCUT2D eigenvalue weighted by Crippen LogP contribution is 2.25. The van der Waals surface area contributed by atoms with Crippen LogP contribution in [0.4, 0.5) is 5.69 Å². The summed E-state index contributed by atoms with van der Waals surface area (Å²) in [4.78, 5) is 11.6. The lowest BCUT2D eigenvalue weighted by molar-refractivity contribution is 0.0601. The number of carbonyl (C=O) groups is 1. The molecule has 0 spiro atoms. The van der Waals surface area contributed by atoms with Crippen LogP contribution in [0.5, 0.6) is 0 Å². The molecule has 0 saturated heterocycles. The fraction of sp³-hybridized carbons (Fsp3) is 0.235. The van der Waals surface area contributed by atoms with E-state index < -0.39 is 0 Å². The Balaban J connectivity index is 2.21. The van der Waals surface area contributed by atoms with Crippen LogP contribution in [-0.2, 0) is 4.74 Å². The number of hydrogen-bond acceptors (Lipinski definition) is 3. The zero-order valence-corrected chi connectivity index (χ0v) is 13.7. The number of hydrogen-bond donors (Lipinski definition) is 1. The number of halogens is 1. The first-order chi connectivity index (χ1) is 10.1. The van der Waals surface area contributed by atoms with Crippen molar-refractivity contribution in [2.75, 3.05) is 12.4 Å². The molecule has 1 N–H and O–H groups in total. The van der Waals surface area contributed by atoms with Gasteiger partial charge in [-0.2, -0.15) is 0 Å². The molecule has 0 aliphatic rings. The minimum Gasteiger partial charge on any atom is -0.465 e. The minimum atomic E-state index is -0.325. The van der Waals surface area contributed by atoms with Gasteiger partial charge in [0.25, 0.3) is 0 Å². The lowest BCUT2D eigenvalue weighted by Crippen LogP contribution is -2.10. The zero-order chi connectivity index (χ0) is 15.2. The third-order valence-electron chi connectivity index (χ3n) is 3.28. The van der Waals surface area contributed by atoms with E-state index in [0.29, 0.717) is 5.56 Å². The Hall–Kier alpha value is -1.81. The van der Waals surface area contributed by atoms with Crippen LogP contribution in [0.2, 0.25) is 0 Å². The molecule has 0 amide bonds. The van der Waals surface area contributed by atoms with Crippen molar-refractivity contribution in [3.05, 3.63) is 64.1 Å². The molecule has 3 nitrogen and oxygen atoms in total. The van der Waals surface area contributed by atoms with Crippen LogP contribution in [0, 0.1) is 0 Å². The highest BCUT2D eigenvalue weighted by Gasteiger charge is 2.11. The van der Waals surface area contributed by atoms with E-state index in [2.05, 4.69) is 40.3 Å². The fourth-order valence-corrected chi connectivity index (χ4v) is 2.62. The van der Waals surface area contributed by atoms with Crippen LogP contribution < -0.4 is 5.32 Å². The normalized spacial score (nSPS) is 11.8. The third-order valence-corrected chi connectivity index (χ3v) is 3.78. The van der Waals surface area contributed by atoms with Crippen molar-refractivity contribution < 1.29 is 9.53 Å². The molecule has 0 fully saturated rings. The molecule has 110 valence electrons. The largest absolute Gasteiger partial charge is 0.465 e. The van der Waals surface area contributed by atoms with E-state index in [1.807, 2.05) is 30.3 Å². The molecule has 2 rings (SSSR count). The number of methoxy groups -OCH3 is 1. The molecule has 0 aromatic heterocycles. The van der Waals surface area contributed by atoms with Crippen LogP contribution >= 0.6 is 15.9 Å². The molecule has 1 unspecified atom stereocenters. The van der Waals surface area contributed by atoms with Crippen molar-refractivity contribution in [3.63, 3.8) is 0 Å². The van der Waals surface area contributed by atoms with Gasteiger partial charge in [-0.05, 0) is 42.3 Å². The van der Waals surface area contributed by atoms with Crippen LogP contribution in [0.25, 0.3) is 0 Å². The molecule has 2 aromatic carbocycles. The second kappa shape index (κ2) is 7.27. The standard InChI is InChI=1S/C17H18BrNO2/c1-3-16(12-6-4-8-14(18)10-12)19-15-9-5-7-13(11-15)17(20)21-2/h4-11,16,19H,3H2,1-2H3. The molecule has 21 heavy (non-hydrogen) atoms. The Morgan fingerprint density at radius 2 is 2.00 bits per heavy atom. The van der Waals surface area contributed by atoms with Gasteiger partial charge in [0.15, 0.2) is 0 Å². The molecule has 2 aromatic rings. The SMILES string of the molecule is CCC(Nc1cccc(C(=O)OC)c1)c1cccc(Br)c1. The van der Waals surface area contributed by atoms with Gasteiger partial charge >= 0.3 is 5.97 Å². The Labute approximate surface area is 133 Å². The zero-order valence-electron chi connectivity index (χ0n) is 12.1. The van der Waals surface area contributed by atoms with Crippen LogP contribution in [0.15, 0.2) is 53.0 Å². The van der Waals surface area contributed by atoms with Crippen LogP contribution in [-0.4, -0.2) is 13.1 Å². The Kier molecular flexibility index (Phi) is 5.39. The van der Waals surface area contributed by atoms with E-state index in [9.17, 15) is 4.79 Å². The van der Waals surface area contributed by atoms with Crippen molar-refractivity contribution in [1.82, 2.24) is 0 Å². The minimum absolute atomic E-state index is 0.190. The summed E-state index contributed by atoms with van der Waals surface area (Å²) in [5, 5.41) is 3.46. The van der Waals surface area contributed by atoms with Gasteiger partial charge in [-0.3, -0.25) is 0 Å². The quantitative estimate of drug-likeness (QED) is 0.789. The van der Waals surface area contributed by atoms with Gasteiger partial charge in [0, 0.05) is 10.2 Å². The Morgan fingerprint density at radius 3 is 2.67 bits per heavy atom. The number of benzene rings is 2. The van der Waals surface area contributed by atoms with Gasteiger partial charge < -0.3 is 10.1 Å². The first-order valence-corrected chi connectivity index (χ1v) is 7.63. The van der Waals surface area contributed by atoms with Gasteiger partial charge in [0.2, 0.25) is 0 Å². The summed E-state index contributed by atoms with van der Waals surface area (Å²) in [6.45, 7) is 2.13. The second-order valence-corrected chi connectivity index (χ2v) is 5.65. The molecule has 4 heteroatoms. The van der Waals surface area contributed by atoms with Crippen molar-refractivity contribution >= 4 is 27.6 Å². The predicted octanol–water partition coefficient (Wildman–Crippen LogP) is 4.80. The number of carbonyl (C=O) groups excluding carboxylic acids is 1. The molecule has 0 aliphatic carbocycles. The smallest absolute Gasteiger partial charge is 0.337 e. The summed E-state index contributed by atoms with van der Waals surface area (Å²) in [7, 11) is 1.39. The lowest BCUT2D eigenvalue weighted by atomic mass is 10.0. The Morgan fingerprint density at radius 1 is 1.24 bits per heavy atom. The highest BCUT2D eigenvalue weighted by atomic mass is 79.9. The first kappa shape index (κ1) is 15.6. The number of esters is 1. The maximum Gasteiger partial charge on any atom is 0.337 e. The highest BCUT2D eigenvalue weighted by molar-refractivity contribution is 9.10. The van der Waals surface area contributed by atoms with E-state index in [1.165, 1.54) is 12.7 Å². The van der Waals surface area contributed by atoms with Crippen LogP contribution in [0.3, 0.4) is 0 Å². The lowest BCUT2D eigenvalue weighted by Gasteiger charge is -2.19. The second-order valence-electron chi connectivity index (χ2n) is 4.73. The topological polar surface area (TPSA) is 38.3 Å². The van der Waals surface area contributed by atoms with Crippen molar-refractivity contribution in [1.29, 1.82) is 0 Å². The maximum atomic E-state index is 11.6. The van der Waals surface area contributed by atoms with Crippen molar-refractivity contribution in [2.24, 2.45) is 0 Å². The first-order valence-electron chi connectivity index (χ1n) is 6.84. The van der Waals surface area contributed by atoms with E-state index in [-0.39, 0.29) is 12.0 Å². The molecule has 0 heterocycles. The van der Waals surface area contributed by atoms with E-state index in [4.69, 9.17) is 4.74 Å². The van der Waals surface area contributed by atoms with Gasteiger partial charge in [0.1, 0.15) is 0 Å². The summed E-state index contributed by atoms with van der Waals surface area (Å²) >= 11 is 3.50. The number of anilines is 1. The number of rotatable bonds is 5. The molecular formula is C17H18BrNO2. The van der Waals surface area contributed by atoms with E-state index in [0.717, 1.165) is 16.6 Å². The molecule has 0 radical (unpaired) electrons. The average Bonchev–Trinajstić information content (AvgIpc) is 2.52. The van der Waals surface area contributed by atoms with Gasteiger partial charge in [-0.25, -0.2) is 4.79 Å². The monoisotopic (exact) mass is 347 g/mol. The van der Waals surface area contributed by atoms with Gasteiger partial charge in [0.05, 0.1) is 18.7 Å². The summed E-state index contributed by atoms with van der Waals surface area (Å²) < 4.78 is 5.81. The van der Waals surface area contributed by atoms with Crippen molar-refractivity contribution in [2.45, 2.75) is 19.4 Å². The van der Waals surface area contributed by atoms with E-state index in [1.54, 1.807) is 6.07 Å². The molecule has 0 saturated carbocycles. The van der Waals surface area contributed by atoms with Gasteiger partial charge in [-0.15, -0.1) is 0 Å². The molecule has 0 bridgehead atoms. The van der Waals surface area contributed by atoms with Crippen molar-refractivity contribution in [3.8, 4) is 0 Å². The Bertz CT molecular complexity index is 628. The van der Waals surface area contributed by atoms with E-state index >= 15 is 0 Å². The summed E-state index contributed by atoms with van der Waals surface area (Å²) in [5.41, 5.74) is 2.66. The fourth-order valence-electron chi connectivity index (χ4n) is 2.20. The summed E-state index contributed by atoms with van der Waals surface area (Å²) in [6, 6.07) is 15.8. The number of ether oxygens (including phenoxy) is 1.